The molecule has 1 fully saturated rings. The average Bonchev–Trinajstić information content (AvgIpc) is 3.27. The van der Waals surface area contributed by atoms with Crippen LogP contribution >= 0.6 is 0 Å². The molecule has 0 aliphatic carbocycles. The number of halogens is 4. The van der Waals surface area contributed by atoms with E-state index in [2.05, 4.69) is 15.2 Å². The Morgan fingerprint density at radius 2 is 1.65 bits per heavy atom. The molecule has 0 atom stereocenters. The Morgan fingerprint density at radius 3 is 2.24 bits per heavy atom. The van der Waals surface area contributed by atoms with Crippen molar-refractivity contribution in [1.29, 1.82) is 0 Å². The molecule has 0 radical (unpaired) electrons. The smallest absolute Gasteiger partial charge is 0.435 e. The van der Waals surface area contributed by atoms with Crippen molar-refractivity contribution in [3.63, 3.8) is 0 Å². The summed E-state index contributed by atoms with van der Waals surface area (Å²) >= 11 is 0. The number of alkyl halides is 3. The average molecular weight is 477 g/mol. The molecule has 11 heteroatoms. The molecular weight excluding hydrogens is 454 g/mol. The maximum absolute atomic E-state index is 13.9. The van der Waals surface area contributed by atoms with Gasteiger partial charge in [0.1, 0.15) is 11.6 Å². The van der Waals surface area contributed by atoms with Crippen molar-refractivity contribution in [2.75, 3.05) is 32.8 Å². The van der Waals surface area contributed by atoms with E-state index in [1.165, 1.54) is 4.90 Å². The molecule has 7 nitrogen and oxygen atoms in total. The van der Waals surface area contributed by atoms with Crippen LogP contribution < -0.4 is 4.74 Å². The number of rotatable bonds is 6. The van der Waals surface area contributed by atoms with E-state index in [0.29, 0.717) is 30.9 Å². The minimum Gasteiger partial charge on any atom is -0.494 e. The summed E-state index contributed by atoms with van der Waals surface area (Å²) in [7, 11) is 0. The first kappa shape index (κ1) is 23.7. The second-order valence-electron chi connectivity index (χ2n) is 7.82. The van der Waals surface area contributed by atoms with Gasteiger partial charge >= 0.3 is 6.18 Å². The maximum Gasteiger partial charge on any atom is 0.435 e. The summed E-state index contributed by atoms with van der Waals surface area (Å²) in [4.78, 5) is 16.4. The largest absolute Gasteiger partial charge is 0.494 e. The lowest BCUT2D eigenvalue weighted by Gasteiger charge is -2.34. The summed E-state index contributed by atoms with van der Waals surface area (Å²) in [5, 5.41) is 7.09. The third-order valence-electron chi connectivity index (χ3n) is 5.51. The molecule has 0 unspecified atom stereocenters. The van der Waals surface area contributed by atoms with Gasteiger partial charge in [-0.2, -0.15) is 13.2 Å². The van der Waals surface area contributed by atoms with Crippen LogP contribution in [-0.2, 0) is 12.7 Å². The summed E-state index contributed by atoms with van der Waals surface area (Å²) in [6.45, 7) is 4.69. The highest BCUT2D eigenvalue weighted by Gasteiger charge is 2.43. The van der Waals surface area contributed by atoms with Gasteiger partial charge in [0, 0.05) is 32.7 Å². The molecule has 180 valence electrons. The van der Waals surface area contributed by atoms with E-state index < -0.39 is 29.3 Å². The zero-order chi connectivity index (χ0) is 24.3. The van der Waals surface area contributed by atoms with E-state index in [9.17, 15) is 22.4 Å². The van der Waals surface area contributed by atoms with Crippen LogP contribution in [-0.4, -0.2) is 63.5 Å². The van der Waals surface area contributed by atoms with E-state index in [1.807, 2.05) is 31.2 Å². The highest BCUT2D eigenvalue weighted by atomic mass is 19.4. The number of aromatic nitrogens is 3. The molecule has 2 heterocycles. The molecule has 1 amide bonds. The molecule has 1 aliphatic heterocycles. The van der Waals surface area contributed by atoms with Crippen molar-refractivity contribution < 1.29 is 27.1 Å². The molecule has 0 N–H and O–H groups in total. The van der Waals surface area contributed by atoms with Gasteiger partial charge in [-0.05, 0) is 48.9 Å². The fourth-order valence-electron chi connectivity index (χ4n) is 3.82. The molecule has 0 bridgehead atoms. The van der Waals surface area contributed by atoms with Crippen molar-refractivity contribution >= 4 is 5.91 Å². The number of ether oxygens (including phenoxy) is 1. The van der Waals surface area contributed by atoms with E-state index >= 15 is 0 Å². The van der Waals surface area contributed by atoms with Gasteiger partial charge in [0.15, 0.2) is 11.4 Å². The van der Waals surface area contributed by atoms with Crippen LogP contribution in [0.1, 0.15) is 28.7 Å². The number of amides is 1. The van der Waals surface area contributed by atoms with Crippen molar-refractivity contribution in [2.24, 2.45) is 0 Å². The van der Waals surface area contributed by atoms with Crippen molar-refractivity contribution in [1.82, 2.24) is 24.8 Å². The Kier molecular flexibility index (Phi) is 6.82. The van der Waals surface area contributed by atoms with Gasteiger partial charge in [-0.15, -0.1) is 5.10 Å². The molecule has 2 aromatic carbocycles. The number of nitrogens with zero attached hydrogens (tertiary/aromatic N) is 5. The molecule has 0 saturated carbocycles. The number of benzene rings is 2. The first-order valence-corrected chi connectivity index (χ1v) is 10.8. The predicted octanol–water partition coefficient (Wildman–Crippen LogP) is 3.78. The Hall–Kier alpha value is -3.47. The van der Waals surface area contributed by atoms with Crippen LogP contribution in [0.3, 0.4) is 0 Å². The fourth-order valence-corrected chi connectivity index (χ4v) is 3.82. The molecule has 3 aromatic rings. The van der Waals surface area contributed by atoms with Gasteiger partial charge in [-0.1, -0.05) is 17.3 Å². The van der Waals surface area contributed by atoms with E-state index in [-0.39, 0.29) is 18.8 Å². The molecule has 1 aromatic heterocycles. The molecular formula is C23H23F4N5O2. The fraction of sp³-hybridized carbons (Fsp3) is 0.348. The van der Waals surface area contributed by atoms with Crippen LogP contribution in [0.4, 0.5) is 17.6 Å². The van der Waals surface area contributed by atoms with Crippen molar-refractivity contribution in [2.45, 2.75) is 19.6 Å². The van der Waals surface area contributed by atoms with Gasteiger partial charge < -0.3 is 9.64 Å². The summed E-state index contributed by atoms with van der Waals surface area (Å²) in [6.07, 6.45) is -4.88. The quantitative estimate of drug-likeness (QED) is 0.506. The van der Waals surface area contributed by atoms with E-state index in [4.69, 9.17) is 4.74 Å². The van der Waals surface area contributed by atoms with Gasteiger partial charge in [0.05, 0.1) is 12.3 Å². The van der Waals surface area contributed by atoms with Gasteiger partial charge in [0.2, 0.25) is 0 Å². The van der Waals surface area contributed by atoms with Gasteiger partial charge in [-0.25, -0.2) is 9.07 Å². The second kappa shape index (κ2) is 9.80. The monoisotopic (exact) mass is 477 g/mol. The topological polar surface area (TPSA) is 63.5 Å². The summed E-state index contributed by atoms with van der Waals surface area (Å²) in [5.41, 5.74) is -1.01. The predicted molar refractivity (Wildman–Crippen MR) is 115 cm³/mol. The first-order valence-electron chi connectivity index (χ1n) is 10.8. The molecule has 4 rings (SSSR count). The van der Waals surface area contributed by atoms with Crippen LogP contribution in [0.15, 0.2) is 48.5 Å². The van der Waals surface area contributed by atoms with Crippen molar-refractivity contribution in [3.8, 4) is 11.4 Å². The Labute approximate surface area is 193 Å². The maximum atomic E-state index is 13.9. The number of carbonyl (C=O) groups excluding carboxylic acids is 1. The van der Waals surface area contributed by atoms with Crippen LogP contribution in [0.2, 0.25) is 0 Å². The standard InChI is InChI=1S/C23H23F4N5O2/c1-2-34-19-9-3-16(4-10-19)15-30-11-13-31(14-12-30)22(33)20-21(23(25,26)27)32(29-28-20)18-7-5-17(24)6-8-18/h3-10H,2,11-15H2,1H3. The minimum absolute atomic E-state index is 0.0413. The SMILES string of the molecule is CCOc1ccc(CN2CCN(C(=O)c3nnn(-c4ccc(F)cc4)c3C(F)(F)F)CC2)cc1. The first-order chi connectivity index (χ1) is 16.3. The summed E-state index contributed by atoms with van der Waals surface area (Å²) < 4.78 is 60.7. The highest BCUT2D eigenvalue weighted by Crippen LogP contribution is 2.33. The lowest BCUT2D eigenvalue weighted by atomic mass is 10.2. The molecule has 34 heavy (non-hydrogen) atoms. The molecule has 1 aliphatic rings. The summed E-state index contributed by atoms with van der Waals surface area (Å²) in [5.74, 6) is -0.644. The van der Waals surface area contributed by atoms with E-state index in [0.717, 1.165) is 35.6 Å². The summed E-state index contributed by atoms with van der Waals surface area (Å²) in [6, 6.07) is 12.0. The second-order valence-corrected chi connectivity index (χ2v) is 7.82. The Morgan fingerprint density at radius 1 is 1.00 bits per heavy atom. The Balaban J connectivity index is 1.45. The molecule has 1 saturated heterocycles. The number of hydrogen-bond donors (Lipinski definition) is 0. The normalized spacial score (nSPS) is 14.9. The molecule has 0 spiro atoms. The minimum atomic E-state index is -4.88. The zero-order valence-corrected chi connectivity index (χ0v) is 18.4. The van der Waals surface area contributed by atoms with Gasteiger partial charge in [-0.3, -0.25) is 9.69 Å². The number of hydrogen-bond acceptors (Lipinski definition) is 5. The van der Waals surface area contributed by atoms with Crippen LogP contribution in [0.5, 0.6) is 5.75 Å². The number of piperazine rings is 1. The lowest BCUT2D eigenvalue weighted by Crippen LogP contribution is -2.48. The zero-order valence-electron chi connectivity index (χ0n) is 18.4. The van der Waals surface area contributed by atoms with Gasteiger partial charge in [0.25, 0.3) is 5.91 Å². The van der Waals surface area contributed by atoms with E-state index in [1.54, 1.807) is 0 Å². The highest BCUT2D eigenvalue weighted by molar-refractivity contribution is 5.93. The van der Waals surface area contributed by atoms with Crippen molar-refractivity contribution in [3.05, 3.63) is 71.3 Å². The lowest BCUT2D eigenvalue weighted by molar-refractivity contribution is -0.143. The Bertz CT molecular complexity index is 1120. The third-order valence-corrected chi connectivity index (χ3v) is 5.51. The number of carbonyl (C=O) groups is 1. The third kappa shape index (κ3) is 5.19. The van der Waals surface area contributed by atoms with Crippen LogP contribution in [0, 0.1) is 5.82 Å². The van der Waals surface area contributed by atoms with Crippen LogP contribution in [0.25, 0.3) is 5.69 Å².